The molecule has 0 saturated carbocycles. The zero-order chi connectivity index (χ0) is 29.2. The molecule has 0 aromatic heterocycles. The van der Waals surface area contributed by atoms with Crippen LogP contribution in [0.15, 0.2) is 66.7 Å². The number of hydrogen-bond acceptors (Lipinski definition) is 6. The van der Waals surface area contributed by atoms with E-state index < -0.39 is 23.5 Å². The SMILES string of the molecule is CC[C@H](C)NC(=O)[C@@H](Cc1ccccc1)N(Cc1ccc(Cl)c(Cl)c1)C(=O)COc1ccc([N+](=O)[O-])c(OC)c1. The van der Waals surface area contributed by atoms with Crippen LogP contribution in [0.3, 0.4) is 0 Å². The molecule has 0 heterocycles. The molecule has 11 heteroatoms. The summed E-state index contributed by atoms with van der Waals surface area (Å²) < 4.78 is 10.8. The van der Waals surface area contributed by atoms with Gasteiger partial charge in [0.2, 0.25) is 11.7 Å². The molecule has 2 atom stereocenters. The normalized spacial score (nSPS) is 12.2. The van der Waals surface area contributed by atoms with Gasteiger partial charge >= 0.3 is 5.69 Å². The zero-order valence-electron chi connectivity index (χ0n) is 22.4. The highest BCUT2D eigenvalue weighted by atomic mass is 35.5. The monoisotopic (exact) mass is 587 g/mol. The van der Waals surface area contributed by atoms with Crippen LogP contribution in [0.25, 0.3) is 0 Å². The molecular formula is C29H31Cl2N3O6. The molecule has 0 aliphatic heterocycles. The van der Waals surface area contributed by atoms with E-state index in [2.05, 4.69) is 5.32 Å². The van der Waals surface area contributed by atoms with Crippen LogP contribution in [0.4, 0.5) is 5.69 Å². The highest BCUT2D eigenvalue weighted by Gasteiger charge is 2.31. The summed E-state index contributed by atoms with van der Waals surface area (Å²) in [5, 5.41) is 14.9. The molecular weight excluding hydrogens is 557 g/mol. The van der Waals surface area contributed by atoms with Crippen molar-refractivity contribution in [2.24, 2.45) is 0 Å². The van der Waals surface area contributed by atoms with E-state index in [1.54, 1.807) is 18.2 Å². The molecule has 3 aromatic carbocycles. The van der Waals surface area contributed by atoms with Crippen LogP contribution in [0, 0.1) is 10.1 Å². The number of nitro groups is 1. The molecule has 40 heavy (non-hydrogen) atoms. The van der Waals surface area contributed by atoms with Gasteiger partial charge in [-0.05, 0) is 42.7 Å². The Morgan fingerprint density at radius 2 is 1.75 bits per heavy atom. The van der Waals surface area contributed by atoms with Crippen molar-refractivity contribution in [3.8, 4) is 11.5 Å². The Morgan fingerprint density at radius 3 is 2.38 bits per heavy atom. The molecule has 1 N–H and O–H groups in total. The molecule has 0 aliphatic rings. The molecule has 0 spiro atoms. The first-order valence-corrected chi connectivity index (χ1v) is 13.4. The highest BCUT2D eigenvalue weighted by Crippen LogP contribution is 2.31. The topological polar surface area (TPSA) is 111 Å². The van der Waals surface area contributed by atoms with Gasteiger partial charge in [0.15, 0.2) is 6.61 Å². The lowest BCUT2D eigenvalue weighted by atomic mass is 10.0. The van der Waals surface area contributed by atoms with E-state index in [1.807, 2.05) is 44.2 Å². The third-order valence-corrected chi connectivity index (χ3v) is 7.06. The van der Waals surface area contributed by atoms with Gasteiger partial charge < -0.3 is 19.7 Å². The largest absolute Gasteiger partial charge is 0.490 e. The predicted octanol–water partition coefficient (Wildman–Crippen LogP) is 5.84. The maximum atomic E-state index is 13.7. The Morgan fingerprint density at radius 1 is 1.02 bits per heavy atom. The van der Waals surface area contributed by atoms with Gasteiger partial charge in [-0.1, -0.05) is 66.5 Å². The number of carbonyl (C=O) groups excluding carboxylic acids is 2. The van der Waals surface area contributed by atoms with Gasteiger partial charge in [-0.3, -0.25) is 19.7 Å². The molecule has 2 amide bonds. The van der Waals surface area contributed by atoms with Crippen LogP contribution < -0.4 is 14.8 Å². The minimum atomic E-state index is -0.867. The lowest BCUT2D eigenvalue weighted by Gasteiger charge is -2.32. The molecule has 9 nitrogen and oxygen atoms in total. The number of nitrogens with zero attached hydrogens (tertiary/aromatic N) is 2. The van der Waals surface area contributed by atoms with E-state index in [4.69, 9.17) is 32.7 Å². The molecule has 0 aliphatic carbocycles. The minimum absolute atomic E-state index is 0.00232. The van der Waals surface area contributed by atoms with E-state index in [-0.39, 0.29) is 42.1 Å². The van der Waals surface area contributed by atoms with Gasteiger partial charge in [0, 0.05) is 31.1 Å². The van der Waals surface area contributed by atoms with Crippen molar-refractivity contribution in [2.75, 3.05) is 13.7 Å². The Bertz CT molecular complexity index is 1340. The van der Waals surface area contributed by atoms with E-state index in [1.165, 1.54) is 30.2 Å². The Kier molecular flexibility index (Phi) is 11.2. The zero-order valence-corrected chi connectivity index (χ0v) is 23.9. The first kappa shape index (κ1) is 30.7. The van der Waals surface area contributed by atoms with Crippen molar-refractivity contribution >= 4 is 40.7 Å². The number of nitrogens with one attached hydrogen (secondary N) is 1. The van der Waals surface area contributed by atoms with E-state index >= 15 is 0 Å². The number of ether oxygens (including phenoxy) is 2. The summed E-state index contributed by atoms with van der Waals surface area (Å²) in [5.74, 6) is -0.571. The Balaban J connectivity index is 1.94. The number of benzene rings is 3. The van der Waals surface area contributed by atoms with Gasteiger partial charge in [0.25, 0.3) is 5.91 Å². The van der Waals surface area contributed by atoms with Crippen LogP contribution in [0.1, 0.15) is 31.4 Å². The number of carbonyl (C=O) groups is 2. The van der Waals surface area contributed by atoms with E-state index in [0.717, 1.165) is 12.0 Å². The van der Waals surface area contributed by atoms with Crippen molar-refractivity contribution in [3.63, 3.8) is 0 Å². The quantitative estimate of drug-likeness (QED) is 0.198. The number of halogens is 2. The van der Waals surface area contributed by atoms with Crippen LogP contribution in [0.2, 0.25) is 10.0 Å². The van der Waals surface area contributed by atoms with Crippen LogP contribution in [0.5, 0.6) is 11.5 Å². The fraction of sp³-hybridized carbons (Fsp3) is 0.310. The van der Waals surface area contributed by atoms with Crippen molar-refractivity contribution in [3.05, 3.63) is 98.0 Å². The summed E-state index contributed by atoms with van der Waals surface area (Å²) in [6.45, 7) is 3.49. The van der Waals surface area contributed by atoms with Crippen LogP contribution >= 0.6 is 23.2 Å². The number of nitro benzene ring substituents is 1. The summed E-state index contributed by atoms with van der Waals surface area (Å²) in [6, 6.07) is 17.4. The van der Waals surface area contributed by atoms with Crippen LogP contribution in [-0.2, 0) is 22.6 Å². The fourth-order valence-electron chi connectivity index (χ4n) is 3.96. The summed E-state index contributed by atoms with van der Waals surface area (Å²) >= 11 is 12.3. The number of amides is 2. The van der Waals surface area contributed by atoms with Crippen molar-refractivity contribution < 1.29 is 24.0 Å². The van der Waals surface area contributed by atoms with Gasteiger partial charge in [-0.15, -0.1) is 0 Å². The summed E-state index contributed by atoms with van der Waals surface area (Å²) in [7, 11) is 1.31. The fourth-order valence-corrected chi connectivity index (χ4v) is 4.28. The molecule has 3 aromatic rings. The molecule has 0 fully saturated rings. The number of rotatable bonds is 13. The molecule has 0 bridgehead atoms. The first-order chi connectivity index (χ1) is 19.1. The standard InChI is InChI=1S/C29H31Cl2N3O6/c1-4-19(2)32-29(36)26(15-20-8-6-5-7-9-20)33(17-21-10-12-23(30)24(31)14-21)28(35)18-40-22-11-13-25(34(37)38)27(16-22)39-3/h5-14,16,19,26H,4,15,17-18H2,1-3H3,(H,32,36)/t19-,26+/m0/s1. The number of methoxy groups -OCH3 is 1. The van der Waals surface area contributed by atoms with Crippen molar-refractivity contribution in [1.82, 2.24) is 10.2 Å². The van der Waals surface area contributed by atoms with Crippen LogP contribution in [-0.4, -0.2) is 47.4 Å². The smallest absolute Gasteiger partial charge is 0.311 e. The molecule has 212 valence electrons. The average molecular weight is 588 g/mol. The summed E-state index contributed by atoms with van der Waals surface area (Å²) in [6.07, 6.45) is 0.983. The first-order valence-electron chi connectivity index (χ1n) is 12.7. The molecule has 0 saturated heterocycles. The lowest BCUT2D eigenvalue weighted by molar-refractivity contribution is -0.385. The van der Waals surface area contributed by atoms with E-state index in [9.17, 15) is 19.7 Å². The van der Waals surface area contributed by atoms with Crippen molar-refractivity contribution in [1.29, 1.82) is 0 Å². The number of hydrogen-bond donors (Lipinski definition) is 1. The molecule has 0 radical (unpaired) electrons. The van der Waals surface area contributed by atoms with E-state index in [0.29, 0.717) is 15.6 Å². The minimum Gasteiger partial charge on any atom is -0.490 e. The average Bonchev–Trinajstić information content (AvgIpc) is 2.95. The third kappa shape index (κ3) is 8.34. The Labute approximate surface area is 243 Å². The molecule has 3 rings (SSSR count). The lowest BCUT2D eigenvalue weighted by Crippen LogP contribution is -2.53. The van der Waals surface area contributed by atoms with Gasteiger partial charge in [0.05, 0.1) is 22.1 Å². The molecule has 0 unspecified atom stereocenters. The third-order valence-electron chi connectivity index (χ3n) is 6.32. The highest BCUT2D eigenvalue weighted by molar-refractivity contribution is 6.42. The predicted molar refractivity (Wildman–Crippen MR) is 154 cm³/mol. The second-order valence-electron chi connectivity index (χ2n) is 9.17. The summed E-state index contributed by atoms with van der Waals surface area (Å²) in [4.78, 5) is 39.4. The summed E-state index contributed by atoms with van der Waals surface area (Å²) in [5.41, 5.74) is 1.32. The maximum absolute atomic E-state index is 13.7. The van der Waals surface area contributed by atoms with Crippen molar-refractivity contribution in [2.45, 2.75) is 45.3 Å². The van der Waals surface area contributed by atoms with Gasteiger partial charge in [-0.25, -0.2) is 0 Å². The Hall–Kier alpha value is -3.82. The van der Waals surface area contributed by atoms with Gasteiger partial charge in [0.1, 0.15) is 11.8 Å². The maximum Gasteiger partial charge on any atom is 0.311 e. The second-order valence-corrected chi connectivity index (χ2v) is 9.99. The second kappa shape index (κ2) is 14.5. The van der Waals surface area contributed by atoms with Gasteiger partial charge in [-0.2, -0.15) is 0 Å².